The fraction of sp³-hybridized carbons (Fsp3) is 0.0588. The first-order valence-corrected chi connectivity index (χ1v) is 7.12. The lowest BCUT2D eigenvalue weighted by molar-refractivity contribution is 0.0697. The van der Waals surface area contributed by atoms with Crippen LogP contribution < -0.4 is 5.32 Å². The van der Waals surface area contributed by atoms with Crippen molar-refractivity contribution in [3.8, 4) is 0 Å². The molecule has 6 nitrogen and oxygen atoms in total. The van der Waals surface area contributed by atoms with Crippen molar-refractivity contribution >= 4 is 34.4 Å². The van der Waals surface area contributed by atoms with E-state index in [2.05, 4.69) is 15.3 Å². The molecule has 3 rings (SSSR count). The van der Waals surface area contributed by atoms with Crippen LogP contribution in [-0.2, 0) is 0 Å². The predicted molar refractivity (Wildman–Crippen MR) is 88.9 cm³/mol. The molecule has 4 N–H and O–H groups in total. The summed E-state index contributed by atoms with van der Waals surface area (Å²) in [6, 6.07) is 4.03. The first-order valence-electron chi connectivity index (χ1n) is 7.12. The van der Waals surface area contributed by atoms with Gasteiger partial charge >= 0.3 is 5.97 Å². The zero-order chi connectivity index (χ0) is 17.3. The van der Waals surface area contributed by atoms with E-state index in [-0.39, 0.29) is 22.9 Å². The molecule has 0 fully saturated rings. The first-order chi connectivity index (χ1) is 11.5. The van der Waals surface area contributed by atoms with Gasteiger partial charge < -0.3 is 20.4 Å². The molecule has 0 saturated heterocycles. The maximum atomic E-state index is 13.7. The van der Waals surface area contributed by atoms with E-state index in [1.54, 1.807) is 19.3 Å². The van der Waals surface area contributed by atoms with Gasteiger partial charge in [0.15, 0.2) is 0 Å². The summed E-state index contributed by atoms with van der Waals surface area (Å²) >= 11 is 0. The summed E-state index contributed by atoms with van der Waals surface area (Å²) in [5.74, 6) is -1.87. The number of aromatic amines is 2. The number of nitrogens with one attached hydrogen (secondary N) is 3. The van der Waals surface area contributed by atoms with Crippen LogP contribution in [0.1, 0.15) is 26.4 Å². The molecule has 0 aliphatic heterocycles. The monoisotopic (exact) mass is 327 g/mol. The van der Waals surface area contributed by atoms with Crippen molar-refractivity contribution in [1.82, 2.24) is 9.97 Å². The molecule has 0 saturated carbocycles. The van der Waals surface area contributed by atoms with Crippen molar-refractivity contribution in [2.45, 2.75) is 0 Å². The maximum Gasteiger partial charge on any atom is 0.337 e. The Hall–Kier alpha value is -3.35. The molecule has 0 bridgehead atoms. The number of hydrogen-bond donors (Lipinski definition) is 4. The average molecular weight is 327 g/mol. The van der Waals surface area contributed by atoms with Crippen LogP contribution in [0.15, 0.2) is 36.7 Å². The number of allylic oxidation sites excluding steroid dienone is 1. The van der Waals surface area contributed by atoms with Gasteiger partial charge in [-0.15, -0.1) is 0 Å². The fourth-order valence-electron chi connectivity index (χ4n) is 2.47. The number of hydrogen-bond acceptors (Lipinski definition) is 3. The molecular weight excluding hydrogens is 313 g/mol. The second-order valence-electron chi connectivity index (χ2n) is 5.17. The van der Waals surface area contributed by atoms with Gasteiger partial charge in [-0.2, -0.15) is 0 Å². The summed E-state index contributed by atoms with van der Waals surface area (Å²) in [7, 11) is 1.69. The molecule has 0 amide bonds. The summed E-state index contributed by atoms with van der Waals surface area (Å²) in [5, 5.41) is 12.4. The maximum absolute atomic E-state index is 13.7. The largest absolute Gasteiger partial charge is 0.478 e. The van der Waals surface area contributed by atoms with Crippen LogP contribution in [0.3, 0.4) is 0 Å². The fourth-order valence-corrected chi connectivity index (χ4v) is 2.47. The number of fused-ring (bicyclic) bond motifs is 1. The third-order valence-corrected chi connectivity index (χ3v) is 3.67. The second-order valence-corrected chi connectivity index (χ2v) is 5.17. The van der Waals surface area contributed by atoms with Crippen molar-refractivity contribution < 1.29 is 19.1 Å². The Morgan fingerprint density at radius 3 is 2.67 bits per heavy atom. The topological polar surface area (TPSA) is 98.0 Å². The van der Waals surface area contributed by atoms with Gasteiger partial charge in [0.1, 0.15) is 5.82 Å². The third-order valence-electron chi connectivity index (χ3n) is 3.67. The minimum Gasteiger partial charge on any atom is -0.478 e. The summed E-state index contributed by atoms with van der Waals surface area (Å²) in [6.07, 6.45) is 5.79. The van der Waals surface area contributed by atoms with Crippen molar-refractivity contribution in [3.05, 3.63) is 59.3 Å². The summed E-state index contributed by atoms with van der Waals surface area (Å²) < 4.78 is 13.7. The number of rotatable bonds is 5. The van der Waals surface area contributed by atoms with Crippen LogP contribution in [0.5, 0.6) is 0 Å². The Morgan fingerprint density at radius 1 is 1.21 bits per heavy atom. The van der Waals surface area contributed by atoms with Gasteiger partial charge in [0.25, 0.3) is 0 Å². The number of ketones is 1. The van der Waals surface area contributed by atoms with Gasteiger partial charge in [0, 0.05) is 30.4 Å². The summed E-state index contributed by atoms with van der Waals surface area (Å²) in [4.78, 5) is 28.6. The van der Waals surface area contributed by atoms with Crippen LogP contribution in [-0.4, -0.2) is 33.9 Å². The third kappa shape index (κ3) is 2.79. The molecule has 24 heavy (non-hydrogen) atoms. The van der Waals surface area contributed by atoms with Crippen LogP contribution >= 0.6 is 0 Å². The van der Waals surface area contributed by atoms with Crippen molar-refractivity contribution in [1.29, 1.82) is 0 Å². The molecule has 0 spiro atoms. The molecular formula is C17H14FN3O3. The second kappa shape index (κ2) is 6.04. The predicted octanol–water partition coefficient (Wildman–Crippen LogP) is 3.27. The van der Waals surface area contributed by atoms with Gasteiger partial charge in [0.05, 0.1) is 22.5 Å². The van der Waals surface area contributed by atoms with Gasteiger partial charge in [-0.1, -0.05) is 0 Å². The molecule has 0 unspecified atom stereocenters. The van der Waals surface area contributed by atoms with Crippen LogP contribution in [0.25, 0.3) is 17.0 Å². The SMILES string of the molecule is CNc1cc(F)cc2c(/C=C/C(=O)c3cc(C(=O)O)c[nH]3)c[nH]c12. The minimum absolute atomic E-state index is 0.0135. The standard InChI is InChI=1S/C17H14FN3O3/c1-19-14-6-11(18)5-12-9(7-21-16(12)14)2-3-15(22)13-4-10(8-20-13)17(23)24/h2-8,19-21H,1H3,(H,23,24)/b3-2+. The molecule has 0 aliphatic rings. The Morgan fingerprint density at radius 2 is 2.00 bits per heavy atom. The Balaban J connectivity index is 1.91. The highest BCUT2D eigenvalue weighted by molar-refractivity contribution is 6.08. The number of carboxylic acid groups (broad SMARTS) is 1. The zero-order valence-electron chi connectivity index (χ0n) is 12.7. The molecule has 7 heteroatoms. The number of carboxylic acids is 1. The van der Waals surface area contributed by atoms with Crippen LogP contribution in [0, 0.1) is 5.82 Å². The lowest BCUT2D eigenvalue weighted by Crippen LogP contribution is -1.95. The minimum atomic E-state index is -1.11. The van der Waals surface area contributed by atoms with Gasteiger partial charge in [0.2, 0.25) is 5.78 Å². The van der Waals surface area contributed by atoms with E-state index in [0.717, 1.165) is 5.52 Å². The van der Waals surface area contributed by atoms with E-state index in [1.165, 1.54) is 30.5 Å². The number of carbonyl (C=O) groups is 2. The average Bonchev–Trinajstić information content (AvgIpc) is 3.19. The Bertz CT molecular complexity index is 969. The number of carbonyl (C=O) groups excluding carboxylic acids is 1. The van der Waals surface area contributed by atoms with Crippen molar-refractivity contribution in [2.75, 3.05) is 12.4 Å². The molecule has 0 aliphatic carbocycles. The van der Waals surface area contributed by atoms with E-state index in [0.29, 0.717) is 16.6 Å². The molecule has 1 aromatic carbocycles. The van der Waals surface area contributed by atoms with Crippen LogP contribution in [0.2, 0.25) is 0 Å². The molecule has 0 atom stereocenters. The van der Waals surface area contributed by atoms with E-state index < -0.39 is 5.97 Å². The number of halogens is 1. The summed E-state index contributed by atoms with van der Waals surface area (Å²) in [6.45, 7) is 0. The van der Waals surface area contributed by atoms with Gasteiger partial charge in [-0.25, -0.2) is 9.18 Å². The zero-order valence-corrected chi connectivity index (χ0v) is 12.7. The Kier molecular flexibility index (Phi) is 3.91. The number of H-pyrrole nitrogens is 2. The molecule has 0 radical (unpaired) electrons. The molecule has 122 valence electrons. The van der Waals surface area contributed by atoms with Gasteiger partial charge in [-0.3, -0.25) is 4.79 Å². The summed E-state index contributed by atoms with van der Waals surface area (Å²) in [5.41, 5.74) is 2.19. The molecule has 3 aromatic rings. The highest BCUT2D eigenvalue weighted by atomic mass is 19.1. The van der Waals surface area contributed by atoms with E-state index >= 15 is 0 Å². The van der Waals surface area contributed by atoms with E-state index in [4.69, 9.17) is 5.11 Å². The number of anilines is 1. The number of aromatic nitrogens is 2. The van der Waals surface area contributed by atoms with E-state index in [9.17, 15) is 14.0 Å². The highest BCUT2D eigenvalue weighted by Gasteiger charge is 2.11. The Labute approximate surface area is 136 Å². The lowest BCUT2D eigenvalue weighted by atomic mass is 10.1. The quantitative estimate of drug-likeness (QED) is 0.427. The van der Waals surface area contributed by atoms with Crippen molar-refractivity contribution in [2.24, 2.45) is 0 Å². The molecule has 2 aromatic heterocycles. The lowest BCUT2D eigenvalue weighted by Gasteiger charge is -2.02. The van der Waals surface area contributed by atoms with Gasteiger partial charge in [-0.05, 0) is 30.4 Å². The first kappa shape index (κ1) is 15.5. The number of benzene rings is 1. The van der Waals surface area contributed by atoms with Crippen molar-refractivity contribution in [3.63, 3.8) is 0 Å². The smallest absolute Gasteiger partial charge is 0.337 e. The van der Waals surface area contributed by atoms with E-state index in [1.807, 2.05) is 0 Å². The normalized spacial score (nSPS) is 11.2. The van der Waals surface area contributed by atoms with Crippen LogP contribution in [0.4, 0.5) is 10.1 Å². The highest BCUT2D eigenvalue weighted by Crippen LogP contribution is 2.27. The number of aromatic carboxylic acids is 1. The molecule has 2 heterocycles.